The van der Waals surface area contributed by atoms with E-state index in [1.165, 1.54) is 17.0 Å². The summed E-state index contributed by atoms with van der Waals surface area (Å²) in [7, 11) is 0. The van der Waals surface area contributed by atoms with Gasteiger partial charge in [0.05, 0.1) is 23.1 Å². The van der Waals surface area contributed by atoms with Gasteiger partial charge in [0.15, 0.2) is 6.61 Å². The van der Waals surface area contributed by atoms with Crippen LogP contribution in [-0.4, -0.2) is 30.3 Å². The minimum atomic E-state index is -0.666. The molecule has 1 saturated carbocycles. The smallest absolute Gasteiger partial charge is 0.338 e. The molecule has 1 N–H and O–H groups in total. The summed E-state index contributed by atoms with van der Waals surface area (Å²) in [6.07, 6.45) is 4.97. The number of carbonyl (C=O) groups is 4. The van der Waals surface area contributed by atoms with Crippen LogP contribution < -0.4 is 10.2 Å². The Balaban J connectivity index is 1.20. The first-order valence-electron chi connectivity index (χ1n) is 10.3. The zero-order chi connectivity index (χ0) is 22.4. The highest BCUT2D eigenvalue weighted by atomic mass is 79.9. The monoisotopic (exact) mass is 494 g/mol. The van der Waals surface area contributed by atoms with E-state index >= 15 is 0 Å². The molecule has 3 aliphatic rings. The first-order chi connectivity index (χ1) is 15.4. The van der Waals surface area contributed by atoms with E-state index < -0.39 is 18.5 Å². The van der Waals surface area contributed by atoms with Gasteiger partial charge >= 0.3 is 5.97 Å². The van der Waals surface area contributed by atoms with Crippen molar-refractivity contribution in [2.75, 3.05) is 16.8 Å². The zero-order valence-corrected chi connectivity index (χ0v) is 18.4. The molecule has 2 aromatic rings. The number of nitrogens with zero attached hydrogens (tertiary/aromatic N) is 1. The number of hydrogen-bond donors (Lipinski definition) is 1. The summed E-state index contributed by atoms with van der Waals surface area (Å²) in [4.78, 5) is 51.3. The van der Waals surface area contributed by atoms with E-state index in [4.69, 9.17) is 4.74 Å². The second kappa shape index (κ2) is 8.02. The van der Waals surface area contributed by atoms with Crippen LogP contribution >= 0.6 is 15.9 Å². The van der Waals surface area contributed by atoms with Gasteiger partial charge in [-0.15, -0.1) is 0 Å². The molecule has 2 aromatic carbocycles. The van der Waals surface area contributed by atoms with E-state index in [2.05, 4.69) is 21.2 Å². The number of amides is 3. The molecule has 1 aliphatic heterocycles. The molecule has 8 heteroatoms. The maximum atomic E-state index is 12.9. The Labute approximate surface area is 192 Å². The lowest BCUT2D eigenvalue weighted by molar-refractivity contribution is -0.123. The summed E-state index contributed by atoms with van der Waals surface area (Å²) in [5.74, 6) is -1.72. The van der Waals surface area contributed by atoms with Gasteiger partial charge < -0.3 is 10.1 Å². The van der Waals surface area contributed by atoms with Crippen molar-refractivity contribution in [3.8, 4) is 0 Å². The first-order valence-corrected chi connectivity index (χ1v) is 11.1. The van der Waals surface area contributed by atoms with Gasteiger partial charge in [-0.05, 0) is 66.8 Å². The van der Waals surface area contributed by atoms with Crippen molar-refractivity contribution in [3.05, 3.63) is 70.7 Å². The van der Waals surface area contributed by atoms with Crippen LogP contribution in [0, 0.1) is 23.7 Å². The third kappa shape index (κ3) is 3.54. The average molecular weight is 495 g/mol. The molecule has 32 heavy (non-hydrogen) atoms. The summed E-state index contributed by atoms with van der Waals surface area (Å²) in [6.45, 7) is -0.432. The van der Waals surface area contributed by atoms with Crippen molar-refractivity contribution in [1.29, 1.82) is 0 Å². The van der Waals surface area contributed by atoms with Crippen molar-refractivity contribution in [1.82, 2.24) is 0 Å². The van der Waals surface area contributed by atoms with Crippen molar-refractivity contribution < 1.29 is 23.9 Å². The normalized spacial score (nSPS) is 25.2. The molecular formula is C24H19BrN2O5. The highest BCUT2D eigenvalue weighted by molar-refractivity contribution is 9.10. The molecule has 5 rings (SSSR count). The third-order valence-corrected chi connectivity index (χ3v) is 6.82. The molecular weight excluding hydrogens is 476 g/mol. The van der Waals surface area contributed by atoms with E-state index in [1.54, 1.807) is 36.4 Å². The van der Waals surface area contributed by atoms with Crippen LogP contribution in [0.3, 0.4) is 0 Å². The maximum absolute atomic E-state index is 12.9. The molecule has 2 fully saturated rings. The number of rotatable bonds is 5. The van der Waals surface area contributed by atoms with Crippen LogP contribution in [0.5, 0.6) is 0 Å². The molecule has 2 aliphatic carbocycles. The molecule has 1 heterocycles. The van der Waals surface area contributed by atoms with Crippen LogP contribution in [0.25, 0.3) is 0 Å². The number of imide groups is 1. The van der Waals surface area contributed by atoms with Crippen LogP contribution in [0.15, 0.2) is 65.2 Å². The topological polar surface area (TPSA) is 92.8 Å². The fraction of sp³-hybridized carbons (Fsp3) is 0.250. The molecule has 162 valence electrons. The van der Waals surface area contributed by atoms with E-state index in [1.807, 2.05) is 12.2 Å². The molecule has 4 atom stereocenters. The third-order valence-electron chi connectivity index (χ3n) is 6.29. The maximum Gasteiger partial charge on any atom is 0.338 e. The van der Waals surface area contributed by atoms with Crippen molar-refractivity contribution >= 4 is 51.0 Å². The lowest BCUT2D eigenvalue weighted by Gasteiger charge is -2.17. The second-order valence-corrected chi connectivity index (χ2v) is 9.11. The van der Waals surface area contributed by atoms with Gasteiger partial charge in [0.2, 0.25) is 11.8 Å². The van der Waals surface area contributed by atoms with Crippen molar-refractivity contribution in [2.45, 2.75) is 6.42 Å². The number of fused-ring (bicyclic) bond motifs is 5. The van der Waals surface area contributed by atoms with Gasteiger partial charge in [0.25, 0.3) is 5.91 Å². The number of hydrogen-bond acceptors (Lipinski definition) is 5. The Morgan fingerprint density at radius 3 is 2.12 bits per heavy atom. The predicted octanol–water partition coefficient (Wildman–Crippen LogP) is 3.56. The molecule has 1 saturated heterocycles. The fourth-order valence-corrected chi connectivity index (χ4v) is 5.11. The van der Waals surface area contributed by atoms with Gasteiger partial charge in [-0.2, -0.15) is 0 Å². The lowest BCUT2D eigenvalue weighted by atomic mass is 9.85. The SMILES string of the molecule is O=C(COC(=O)c1ccc(N2C(=O)[C@H]3[C@H](C2=O)[C@H]2C=C[C@H]3C2)cc1)Nc1ccc(Br)cc1. The molecule has 7 nitrogen and oxygen atoms in total. The molecule has 2 bridgehead atoms. The summed E-state index contributed by atoms with van der Waals surface area (Å²) in [5.41, 5.74) is 1.26. The molecule has 0 aromatic heterocycles. The summed E-state index contributed by atoms with van der Waals surface area (Å²) in [5, 5.41) is 2.64. The quantitative estimate of drug-likeness (QED) is 0.389. The predicted molar refractivity (Wildman–Crippen MR) is 120 cm³/mol. The van der Waals surface area contributed by atoms with Gasteiger partial charge in [-0.3, -0.25) is 19.3 Å². The summed E-state index contributed by atoms with van der Waals surface area (Å²) >= 11 is 3.32. The number of allylic oxidation sites excluding steroid dienone is 2. The van der Waals surface area contributed by atoms with E-state index in [0.29, 0.717) is 11.4 Å². The Hall–Kier alpha value is -3.26. The molecule has 3 amide bonds. The number of carbonyl (C=O) groups excluding carboxylic acids is 4. The summed E-state index contributed by atoms with van der Waals surface area (Å²) < 4.78 is 5.96. The second-order valence-electron chi connectivity index (χ2n) is 8.19. The van der Waals surface area contributed by atoms with E-state index in [-0.39, 0.29) is 41.0 Å². The highest BCUT2D eigenvalue weighted by Crippen LogP contribution is 2.53. The summed E-state index contributed by atoms with van der Waals surface area (Å²) in [6, 6.07) is 13.1. The number of benzene rings is 2. The van der Waals surface area contributed by atoms with Crippen molar-refractivity contribution in [2.24, 2.45) is 23.7 Å². The zero-order valence-electron chi connectivity index (χ0n) is 16.9. The van der Waals surface area contributed by atoms with Gasteiger partial charge in [-0.1, -0.05) is 28.1 Å². The Morgan fingerprint density at radius 2 is 1.53 bits per heavy atom. The first kappa shape index (κ1) is 20.6. The highest BCUT2D eigenvalue weighted by Gasteiger charge is 2.59. The lowest BCUT2D eigenvalue weighted by Crippen LogP contribution is -2.32. The molecule has 0 radical (unpaired) electrons. The Kier molecular flexibility index (Phi) is 5.17. The van der Waals surface area contributed by atoms with Crippen LogP contribution in [-0.2, 0) is 19.1 Å². The van der Waals surface area contributed by atoms with Crippen LogP contribution in [0.4, 0.5) is 11.4 Å². The minimum absolute atomic E-state index is 0.143. The number of esters is 1. The molecule has 0 spiro atoms. The van der Waals surface area contributed by atoms with Crippen molar-refractivity contribution in [3.63, 3.8) is 0 Å². The molecule has 0 unspecified atom stereocenters. The number of anilines is 2. The van der Waals surface area contributed by atoms with E-state index in [0.717, 1.165) is 10.9 Å². The van der Waals surface area contributed by atoms with Gasteiger partial charge in [0.1, 0.15) is 0 Å². The number of ether oxygens (including phenoxy) is 1. The van der Waals surface area contributed by atoms with Crippen LogP contribution in [0.2, 0.25) is 0 Å². The minimum Gasteiger partial charge on any atom is -0.452 e. The van der Waals surface area contributed by atoms with Gasteiger partial charge in [0, 0.05) is 10.2 Å². The Bertz CT molecular complexity index is 1110. The Morgan fingerprint density at radius 1 is 0.938 bits per heavy atom. The number of halogens is 1. The average Bonchev–Trinajstić information content (AvgIpc) is 3.47. The van der Waals surface area contributed by atoms with Gasteiger partial charge in [-0.25, -0.2) is 4.79 Å². The largest absolute Gasteiger partial charge is 0.452 e. The van der Waals surface area contributed by atoms with E-state index in [9.17, 15) is 19.2 Å². The van der Waals surface area contributed by atoms with Crippen LogP contribution in [0.1, 0.15) is 16.8 Å². The number of nitrogens with one attached hydrogen (secondary N) is 1. The standard InChI is InChI=1S/C24H19BrN2O5/c25-16-5-7-17(8-6-16)26-19(28)12-32-24(31)13-3-9-18(10-4-13)27-22(29)20-14-1-2-15(11-14)21(20)23(27)30/h1-10,14-15,20-21H,11-12H2,(H,26,28)/t14-,15-,20+,21+/m0/s1. The fourth-order valence-electron chi connectivity index (χ4n) is 4.85.